The Morgan fingerprint density at radius 1 is 1.50 bits per heavy atom. The number of rotatable bonds is 4. The van der Waals surface area contributed by atoms with E-state index in [0.29, 0.717) is 17.9 Å². The maximum atomic E-state index is 8.93. The van der Waals surface area contributed by atoms with Crippen LogP contribution >= 0.6 is 0 Å². The average molecular weight is 219 g/mol. The summed E-state index contributed by atoms with van der Waals surface area (Å²) >= 11 is 0. The fourth-order valence-electron chi connectivity index (χ4n) is 1.15. The molecule has 4 heteroatoms. The highest BCUT2D eigenvalue weighted by atomic mass is 16.5. The van der Waals surface area contributed by atoms with E-state index >= 15 is 0 Å². The van der Waals surface area contributed by atoms with Crippen LogP contribution in [0.2, 0.25) is 0 Å². The van der Waals surface area contributed by atoms with E-state index in [2.05, 4.69) is 16.4 Å². The minimum absolute atomic E-state index is 0.280. The lowest BCUT2D eigenvalue weighted by atomic mass is 10.1. The minimum Gasteiger partial charge on any atom is -0.377 e. The zero-order valence-corrected chi connectivity index (χ0v) is 10.2. The Labute approximate surface area is 96.3 Å². The minimum atomic E-state index is -0.280. The number of aromatic nitrogens is 1. The van der Waals surface area contributed by atoms with Crippen molar-refractivity contribution >= 4 is 5.82 Å². The second-order valence-electron chi connectivity index (χ2n) is 4.28. The summed E-state index contributed by atoms with van der Waals surface area (Å²) in [4.78, 5) is 4.29. The first-order chi connectivity index (χ1) is 7.48. The highest BCUT2D eigenvalue weighted by Crippen LogP contribution is 2.14. The van der Waals surface area contributed by atoms with E-state index in [0.717, 1.165) is 5.69 Å². The maximum absolute atomic E-state index is 8.93. The molecule has 0 bridgehead atoms. The monoisotopic (exact) mass is 219 g/mol. The van der Waals surface area contributed by atoms with Crippen molar-refractivity contribution in [2.24, 2.45) is 0 Å². The quantitative estimate of drug-likeness (QED) is 0.842. The van der Waals surface area contributed by atoms with Crippen LogP contribution in [0.1, 0.15) is 25.1 Å². The van der Waals surface area contributed by atoms with Gasteiger partial charge in [0.15, 0.2) is 0 Å². The number of hydrogen-bond donors (Lipinski definition) is 1. The number of hydrogen-bond acceptors (Lipinski definition) is 4. The van der Waals surface area contributed by atoms with Crippen LogP contribution in [-0.4, -0.2) is 24.2 Å². The van der Waals surface area contributed by atoms with Crippen LogP contribution < -0.4 is 5.32 Å². The summed E-state index contributed by atoms with van der Waals surface area (Å²) in [5, 5.41) is 12.1. The molecule has 0 saturated carbocycles. The first-order valence-corrected chi connectivity index (χ1v) is 5.15. The largest absolute Gasteiger partial charge is 0.377 e. The van der Waals surface area contributed by atoms with Gasteiger partial charge >= 0.3 is 0 Å². The molecule has 0 saturated heterocycles. The Morgan fingerprint density at radius 2 is 2.19 bits per heavy atom. The van der Waals surface area contributed by atoms with Crippen LogP contribution in [0, 0.1) is 18.3 Å². The van der Waals surface area contributed by atoms with Gasteiger partial charge in [-0.3, -0.25) is 0 Å². The highest BCUT2D eigenvalue weighted by Gasteiger charge is 2.16. The number of nitrogens with zero attached hydrogens (tertiary/aromatic N) is 2. The standard InChI is InChI=1S/C12H17N3O/c1-9-5-6-10(7-13)11(15-9)14-8-12(2,3)16-4/h5-6H,8H2,1-4H3,(H,14,15). The Hall–Kier alpha value is -1.60. The molecule has 1 N–H and O–H groups in total. The van der Waals surface area contributed by atoms with Gasteiger partial charge in [0.1, 0.15) is 11.9 Å². The highest BCUT2D eigenvalue weighted by molar-refractivity contribution is 5.52. The van der Waals surface area contributed by atoms with Crippen LogP contribution in [0.15, 0.2) is 12.1 Å². The Bertz CT molecular complexity index is 407. The van der Waals surface area contributed by atoms with Crippen LogP contribution in [-0.2, 0) is 4.74 Å². The van der Waals surface area contributed by atoms with E-state index in [1.165, 1.54) is 0 Å². The van der Waals surface area contributed by atoms with Crippen molar-refractivity contribution in [3.8, 4) is 6.07 Å². The number of aryl methyl sites for hydroxylation is 1. The van der Waals surface area contributed by atoms with Crippen molar-refractivity contribution in [3.05, 3.63) is 23.4 Å². The molecule has 0 aliphatic carbocycles. The number of methoxy groups -OCH3 is 1. The molecule has 16 heavy (non-hydrogen) atoms. The van der Waals surface area contributed by atoms with Crippen LogP contribution in [0.5, 0.6) is 0 Å². The smallest absolute Gasteiger partial charge is 0.144 e. The molecule has 86 valence electrons. The lowest BCUT2D eigenvalue weighted by Gasteiger charge is -2.23. The summed E-state index contributed by atoms with van der Waals surface area (Å²) in [6.07, 6.45) is 0. The van der Waals surface area contributed by atoms with Crippen LogP contribution in [0.3, 0.4) is 0 Å². The molecule has 1 heterocycles. The predicted molar refractivity (Wildman–Crippen MR) is 63.3 cm³/mol. The molecule has 0 fully saturated rings. The summed E-state index contributed by atoms with van der Waals surface area (Å²) in [6, 6.07) is 5.70. The third-order valence-corrected chi connectivity index (χ3v) is 2.39. The van der Waals surface area contributed by atoms with E-state index in [4.69, 9.17) is 10.00 Å². The molecule has 1 rings (SSSR count). The third kappa shape index (κ3) is 3.21. The molecular weight excluding hydrogens is 202 g/mol. The molecule has 1 aromatic heterocycles. The van der Waals surface area contributed by atoms with E-state index in [1.54, 1.807) is 13.2 Å². The van der Waals surface area contributed by atoms with E-state index < -0.39 is 0 Å². The molecule has 0 unspecified atom stereocenters. The van der Waals surface area contributed by atoms with Gasteiger partial charge in [-0.15, -0.1) is 0 Å². The van der Waals surface area contributed by atoms with Gasteiger partial charge < -0.3 is 10.1 Å². The van der Waals surface area contributed by atoms with Crippen LogP contribution in [0.25, 0.3) is 0 Å². The fraction of sp³-hybridized carbons (Fsp3) is 0.500. The number of pyridine rings is 1. The van der Waals surface area contributed by atoms with Crippen molar-refractivity contribution in [3.63, 3.8) is 0 Å². The predicted octanol–water partition coefficient (Wildman–Crippen LogP) is 2.10. The van der Waals surface area contributed by atoms with Gasteiger partial charge in [-0.1, -0.05) is 0 Å². The Morgan fingerprint density at radius 3 is 2.75 bits per heavy atom. The van der Waals surface area contributed by atoms with Gasteiger partial charge in [0, 0.05) is 19.3 Å². The normalized spacial score (nSPS) is 10.9. The molecule has 4 nitrogen and oxygen atoms in total. The van der Waals surface area contributed by atoms with E-state index in [1.807, 2.05) is 26.8 Å². The summed E-state index contributed by atoms with van der Waals surface area (Å²) < 4.78 is 5.29. The summed E-state index contributed by atoms with van der Waals surface area (Å²) in [5.41, 5.74) is 1.16. The number of anilines is 1. The maximum Gasteiger partial charge on any atom is 0.144 e. The second kappa shape index (κ2) is 4.95. The number of nitrogens with one attached hydrogen (secondary N) is 1. The van der Waals surface area contributed by atoms with Crippen LogP contribution in [0.4, 0.5) is 5.82 Å². The molecule has 0 amide bonds. The molecule has 0 aliphatic heterocycles. The topological polar surface area (TPSA) is 57.9 Å². The molecule has 0 radical (unpaired) electrons. The van der Waals surface area contributed by atoms with Crippen molar-refractivity contribution in [1.29, 1.82) is 5.26 Å². The van der Waals surface area contributed by atoms with E-state index in [-0.39, 0.29) is 5.60 Å². The first-order valence-electron chi connectivity index (χ1n) is 5.15. The van der Waals surface area contributed by atoms with E-state index in [9.17, 15) is 0 Å². The molecule has 0 aromatic carbocycles. The van der Waals surface area contributed by atoms with Crippen molar-refractivity contribution < 1.29 is 4.74 Å². The summed E-state index contributed by atoms with van der Waals surface area (Å²) in [5.74, 6) is 0.618. The molecule has 0 spiro atoms. The molecule has 0 aliphatic rings. The van der Waals surface area contributed by atoms with Crippen molar-refractivity contribution in [2.45, 2.75) is 26.4 Å². The summed E-state index contributed by atoms with van der Waals surface area (Å²) in [7, 11) is 1.66. The average Bonchev–Trinajstić information content (AvgIpc) is 2.27. The lowest BCUT2D eigenvalue weighted by Crippen LogP contribution is -2.32. The second-order valence-corrected chi connectivity index (χ2v) is 4.28. The van der Waals surface area contributed by atoms with Crippen molar-refractivity contribution in [2.75, 3.05) is 19.0 Å². The fourth-order valence-corrected chi connectivity index (χ4v) is 1.15. The molecule has 1 aromatic rings. The molecular formula is C12H17N3O. The number of nitriles is 1. The third-order valence-electron chi connectivity index (χ3n) is 2.39. The van der Waals surface area contributed by atoms with Gasteiger partial charge in [0.2, 0.25) is 0 Å². The van der Waals surface area contributed by atoms with Gasteiger partial charge in [-0.25, -0.2) is 4.98 Å². The Balaban J connectivity index is 2.81. The SMILES string of the molecule is COC(C)(C)CNc1nc(C)ccc1C#N. The number of ether oxygens (including phenoxy) is 1. The zero-order valence-electron chi connectivity index (χ0n) is 10.2. The van der Waals surface area contributed by atoms with Crippen molar-refractivity contribution in [1.82, 2.24) is 4.98 Å². The van der Waals surface area contributed by atoms with Gasteiger partial charge in [0.25, 0.3) is 0 Å². The van der Waals surface area contributed by atoms with Gasteiger partial charge in [-0.2, -0.15) is 5.26 Å². The molecule has 0 atom stereocenters. The summed E-state index contributed by atoms with van der Waals surface area (Å²) in [6.45, 7) is 6.45. The Kier molecular flexibility index (Phi) is 3.86. The van der Waals surface area contributed by atoms with Gasteiger partial charge in [-0.05, 0) is 32.9 Å². The van der Waals surface area contributed by atoms with Gasteiger partial charge in [0.05, 0.1) is 11.2 Å². The zero-order chi connectivity index (χ0) is 12.2. The lowest BCUT2D eigenvalue weighted by molar-refractivity contribution is 0.0343. The first kappa shape index (κ1) is 12.5.